The smallest absolute Gasteiger partial charge is 0.0755 e. The molecule has 0 amide bonds. The molecule has 2 heteroatoms. The first-order valence-corrected chi connectivity index (χ1v) is 21.8. The number of para-hydroxylation sites is 3. The van der Waals surface area contributed by atoms with Crippen LogP contribution in [-0.4, -0.2) is 4.57 Å². The van der Waals surface area contributed by atoms with Crippen LogP contribution in [0.4, 0.5) is 17.1 Å². The van der Waals surface area contributed by atoms with Crippen molar-refractivity contribution in [1.29, 1.82) is 0 Å². The number of aromatic nitrogens is 1. The highest BCUT2D eigenvalue weighted by Gasteiger charge is 2.51. The van der Waals surface area contributed by atoms with Crippen LogP contribution in [0.5, 0.6) is 0 Å². The molecule has 0 unspecified atom stereocenters. The van der Waals surface area contributed by atoms with E-state index in [2.05, 4.69) is 252 Å². The topological polar surface area (TPSA) is 8.17 Å². The van der Waals surface area contributed by atoms with E-state index in [9.17, 15) is 0 Å². The summed E-state index contributed by atoms with van der Waals surface area (Å²) in [6.45, 7) is 0. The molecule has 10 aromatic carbocycles. The maximum Gasteiger partial charge on any atom is 0.0755 e. The molecule has 1 aromatic heterocycles. The SMILES string of the molecule is c1ccc(-c2ccc(-c3cccc(N(c4ccc(-c5ccccc5)cc4)c4cccc5c4-n4c6ccccc6c6cccc(c64)C54c5ccccc5-c5ccccc54)c3)cc2)cc1. The maximum atomic E-state index is 2.58. The second-order valence-corrected chi connectivity index (χ2v) is 16.8. The van der Waals surface area contributed by atoms with Crippen molar-refractivity contribution < 1.29 is 0 Å². The Balaban J connectivity index is 1.10. The molecular formula is C61H40N2. The molecule has 1 aliphatic heterocycles. The van der Waals surface area contributed by atoms with E-state index >= 15 is 0 Å². The molecule has 0 saturated heterocycles. The van der Waals surface area contributed by atoms with Gasteiger partial charge in [0.05, 0.1) is 27.8 Å². The first kappa shape index (κ1) is 35.5. The first-order valence-electron chi connectivity index (χ1n) is 21.8. The zero-order valence-corrected chi connectivity index (χ0v) is 34.5. The van der Waals surface area contributed by atoms with Crippen LogP contribution in [0.1, 0.15) is 22.3 Å². The Bertz CT molecular complexity index is 3500. The Labute approximate surface area is 367 Å². The molecule has 1 spiro atoms. The minimum Gasteiger partial charge on any atom is -0.308 e. The van der Waals surface area contributed by atoms with E-state index in [1.807, 2.05) is 0 Å². The van der Waals surface area contributed by atoms with Crippen LogP contribution in [0.25, 0.3) is 72.0 Å². The van der Waals surface area contributed by atoms with Gasteiger partial charge in [-0.15, -0.1) is 0 Å². The van der Waals surface area contributed by atoms with Gasteiger partial charge in [-0.1, -0.05) is 206 Å². The molecule has 2 heterocycles. The lowest BCUT2D eigenvalue weighted by Crippen LogP contribution is -2.34. The Morgan fingerprint density at radius 2 is 0.794 bits per heavy atom. The van der Waals surface area contributed by atoms with Crippen molar-refractivity contribution in [2.24, 2.45) is 0 Å². The van der Waals surface area contributed by atoms with Crippen molar-refractivity contribution in [2.45, 2.75) is 5.41 Å². The lowest BCUT2D eigenvalue weighted by molar-refractivity contribution is 0.748. The van der Waals surface area contributed by atoms with Crippen molar-refractivity contribution in [1.82, 2.24) is 4.57 Å². The molecule has 63 heavy (non-hydrogen) atoms. The molecule has 2 aliphatic rings. The highest BCUT2D eigenvalue weighted by atomic mass is 15.2. The summed E-state index contributed by atoms with van der Waals surface area (Å²) in [6.07, 6.45) is 0. The Kier molecular flexibility index (Phi) is 7.85. The molecule has 0 saturated carbocycles. The summed E-state index contributed by atoms with van der Waals surface area (Å²) in [5.74, 6) is 0. The molecule has 2 nitrogen and oxygen atoms in total. The standard InChI is InChI=1S/C61H40N2/c1-3-16-41(17-4-1)43-32-34-45(35-33-43)46-20-13-21-48(40-46)62(47-38-36-44(37-39-47)42-18-5-2-6-19-42)58-31-15-29-56-60(58)63-57-30-12-9-24-51(57)52-25-14-28-55(59(52)63)61(56)53-26-10-7-22-49(53)50-23-8-11-27-54(50)61/h1-40H. The summed E-state index contributed by atoms with van der Waals surface area (Å²) < 4.78 is 2.58. The largest absolute Gasteiger partial charge is 0.308 e. The van der Waals surface area contributed by atoms with Gasteiger partial charge >= 0.3 is 0 Å². The molecule has 0 radical (unpaired) electrons. The first-order chi connectivity index (χ1) is 31.3. The van der Waals surface area contributed by atoms with Crippen molar-refractivity contribution in [3.63, 3.8) is 0 Å². The van der Waals surface area contributed by atoms with Gasteiger partial charge in [-0.3, -0.25) is 0 Å². The van der Waals surface area contributed by atoms with Crippen LogP contribution in [0.3, 0.4) is 0 Å². The van der Waals surface area contributed by atoms with Gasteiger partial charge in [0.15, 0.2) is 0 Å². The van der Waals surface area contributed by atoms with Crippen molar-refractivity contribution in [3.8, 4) is 50.2 Å². The Morgan fingerprint density at radius 1 is 0.317 bits per heavy atom. The third-order valence-electron chi connectivity index (χ3n) is 13.6. The predicted molar refractivity (Wildman–Crippen MR) is 263 cm³/mol. The van der Waals surface area contributed by atoms with E-state index in [0.29, 0.717) is 0 Å². The number of hydrogen-bond donors (Lipinski definition) is 0. The predicted octanol–water partition coefficient (Wildman–Crippen LogP) is 15.9. The van der Waals surface area contributed by atoms with E-state index in [0.717, 1.165) is 22.6 Å². The zero-order chi connectivity index (χ0) is 41.5. The molecular weight excluding hydrogens is 761 g/mol. The minimum absolute atomic E-state index is 0.548. The van der Waals surface area contributed by atoms with Crippen LogP contribution in [0.2, 0.25) is 0 Å². The quantitative estimate of drug-likeness (QED) is 0.163. The summed E-state index contributed by atoms with van der Waals surface area (Å²) >= 11 is 0. The van der Waals surface area contributed by atoms with Crippen LogP contribution in [0, 0.1) is 0 Å². The molecule has 11 aromatic rings. The fourth-order valence-electron chi connectivity index (χ4n) is 10.9. The third-order valence-corrected chi connectivity index (χ3v) is 13.6. The summed E-state index contributed by atoms with van der Waals surface area (Å²) in [7, 11) is 0. The van der Waals surface area contributed by atoms with E-state index in [4.69, 9.17) is 0 Å². The van der Waals surface area contributed by atoms with Gasteiger partial charge in [0.25, 0.3) is 0 Å². The molecule has 294 valence electrons. The van der Waals surface area contributed by atoms with Gasteiger partial charge in [-0.05, 0) is 103 Å². The highest BCUT2D eigenvalue weighted by Crippen LogP contribution is 2.62. The Hall–Kier alpha value is -8.20. The van der Waals surface area contributed by atoms with Gasteiger partial charge in [0, 0.05) is 22.1 Å². The van der Waals surface area contributed by atoms with E-state index in [1.165, 1.54) is 88.7 Å². The molecule has 1 aliphatic carbocycles. The zero-order valence-electron chi connectivity index (χ0n) is 34.5. The summed E-state index contributed by atoms with van der Waals surface area (Å²) in [5, 5.41) is 2.52. The van der Waals surface area contributed by atoms with Crippen molar-refractivity contribution >= 4 is 38.9 Å². The number of hydrogen-bond acceptors (Lipinski definition) is 1. The maximum absolute atomic E-state index is 2.58. The van der Waals surface area contributed by atoms with Gasteiger partial charge in [-0.2, -0.15) is 0 Å². The molecule has 0 atom stereocenters. The normalized spacial score (nSPS) is 12.9. The summed E-state index contributed by atoms with van der Waals surface area (Å²) in [5.41, 5.74) is 21.4. The van der Waals surface area contributed by atoms with Gasteiger partial charge in [-0.25, -0.2) is 0 Å². The van der Waals surface area contributed by atoms with Crippen molar-refractivity contribution in [3.05, 3.63) is 265 Å². The number of benzene rings is 10. The number of fused-ring (bicyclic) bond motifs is 12. The van der Waals surface area contributed by atoms with Crippen LogP contribution >= 0.6 is 0 Å². The number of anilines is 3. The van der Waals surface area contributed by atoms with E-state index in [-0.39, 0.29) is 0 Å². The number of rotatable bonds is 6. The fraction of sp³-hybridized carbons (Fsp3) is 0.0164. The fourth-order valence-corrected chi connectivity index (χ4v) is 10.9. The summed E-state index contributed by atoms with van der Waals surface area (Å²) in [6, 6.07) is 89.6. The second-order valence-electron chi connectivity index (χ2n) is 16.8. The molecule has 0 fully saturated rings. The third kappa shape index (κ3) is 5.19. The summed E-state index contributed by atoms with van der Waals surface area (Å²) in [4.78, 5) is 2.49. The van der Waals surface area contributed by atoms with Crippen LogP contribution in [-0.2, 0) is 5.41 Å². The van der Waals surface area contributed by atoms with Crippen LogP contribution in [0.15, 0.2) is 243 Å². The van der Waals surface area contributed by atoms with E-state index < -0.39 is 5.41 Å². The van der Waals surface area contributed by atoms with E-state index in [1.54, 1.807) is 0 Å². The van der Waals surface area contributed by atoms with Gasteiger partial charge in [0.1, 0.15) is 0 Å². The van der Waals surface area contributed by atoms with Gasteiger partial charge in [0.2, 0.25) is 0 Å². The molecule has 0 bridgehead atoms. The lowest BCUT2D eigenvalue weighted by Gasteiger charge is -2.41. The monoisotopic (exact) mass is 800 g/mol. The highest BCUT2D eigenvalue weighted by molar-refractivity contribution is 6.13. The average molecular weight is 801 g/mol. The second kappa shape index (κ2) is 13.9. The Morgan fingerprint density at radius 3 is 1.48 bits per heavy atom. The van der Waals surface area contributed by atoms with Crippen molar-refractivity contribution in [2.75, 3.05) is 4.90 Å². The van der Waals surface area contributed by atoms with Crippen LogP contribution < -0.4 is 4.90 Å². The molecule has 0 N–H and O–H groups in total. The van der Waals surface area contributed by atoms with Gasteiger partial charge < -0.3 is 9.47 Å². The average Bonchev–Trinajstić information content (AvgIpc) is 3.86. The molecule has 13 rings (SSSR count). The number of nitrogens with zero attached hydrogens (tertiary/aromatic N) is 2. The minimum atomic E-state index is -0.548. The lowest BCUT2D eigenvalue weighted by atomic mass is 9.65.